The van der Waals surface area contributed by atoms with Crippen LogP contribution >= 0.6 is 0 Å². The number of amides is 1. The van der Waals surface area contributed by atoms with Crippen molar-refractivity contribution in [3.8, 4) is 0 Å². The Kier molecular flexibility index (Phi) is 4.92. The molecule has 25 heavy (non-hydrogen) atoms. The fourth-order valence-corrected chi connectivity index (χ4v) is 3.01. The van der Waals surface area contributed by atoms with E-state index >= 15 is 0 Å². The molecule has 7 heteroatoms. The van der Waals surface area contributed by atoms with Crippen LogP contribution in [0.1, 0.15) is 11.3 Å². The van der Waals surface area contributed by atoms with Gasteiger partial charge in [-0.2, -0.15) is 0 Å². The summed E-state index contributed by atoms with van der Waals surface area (Å²) in [5.41, 5.74) is 2.35. The van der Waals surface area contributed by atoms with Gasteiger partial charge < -0.3 is 9.80 Å². The van der Waals surface area contributed by atoms with E-state index in [1.54, 1.807) is 23.2 Å². The van der Waals surface area contributed by atoms with E-state index in [0.717, 1.165) is 11.3 Å². The van der Waals surface area contributed by atoms with Gasteiger partial charge in [0, 0.05) is 44.1 Å². The summed E-state index contributed by atoms with van der Waals surface area (Å²) in [7, 11) is 0. The molecular formula is C18H20N4O3. The molecule has 0 spiro atoms. The van der Waals surface area contributed by atoms with Crippen LogP contribution < -0.4 is 4.90 Å². The second-order valence-corrected chi connectivity index (χ2v) is 6.11. The molecule has 0 unspecified atom stereocenters. The lowest BCUT2D eigenvalue weighted by molar-refractivity contribution is -0.384. The molecule has 0 aliphatic carbocycles. The SMILES string of the molecule is Cc1ccc(N2CCN(C(=O)Cc3ccccn3)CC2)c([N+](=O)[O-])c1. The normalized spacial score (nSPS) is 14.4. The number of aromatic nitrogens is 1. The number of rotatable bonds is 4. The number of anilines is 1. The molecule has 1 aliphatic heterocycles. The molecule has 0 atom stereocenters. The number of hydrogen-bond donors (Lipinski definition) is 0. The van der Waals surface area contributed by atoms with Crippen molar-refractivity contribution < 1.29 is 9.72 Å². The molecule has 3 rings (SSSR count). The largest absolute Gasteiger partial charge is 0.362 e. The van der Waals surface area contributed by atoms with Crippen molar-refractivity contribution in [1.29, 1.82) is 0 Å². The first-order valence-electron chi connectivity index (χ1n) is 8.22. The first kappa shape index (κ1) is 16.9. The molecule has 0 bridgehead atoms. The zero-order chi connectivity index (χ0) is 17.8. The molecule has 1 aliphatic rings. The summed E-state index contributed by atoms with van der Waals surface area (Å²) in [6, 6.07) is 10.8. The van der Waals surface area contributed by atoms with E-state index in [9.17, 15) is 14.9 Å². The number of aryl methyl sites for hydroxylation is 1. The van der Waals surface area contributed by atoms with Crippen molar-refractivity contribution in [1.82, 2.24) is 9.88 Å². The van der Waals surface area contributed by atoms with Gasteiger partial charge in [-0.25, -0.2) is 0 Å². The van der Waals surface area contributed by atoms with Crippen LogP contribution in [0.4, 0.5) is 11.4 Å². The number of hydrogen-bond acceptors (Lipinski definition) is 5. The molecule has 1 saturated heterocycles. The Labute approximate surface area is 146 Å². The number of nitro benzene ring substituents is 1. The molecule has 0 saturated carbocycles. The van der Waals surface area contributed by atoms with Crippen LogP contribution in [0.2, 0.25) is 0 Å². The van der Waals surface area contributed by atoms with Crippen LogP contribution in [-0.4, -0.2) is 46.9 Å². The van der Waals surface area contributed by atoms with Gasteiger partial charge in [-0.1, -0.05) is 12.1 Å². The number of nitrogens with zero attached hydrogens (tertiary/aromatic N) is 4. The van der Waals surface area contributed by atoms with Crippen LogP contribution in [0.5, 0.6) is 0 Å². The summed E-state index contributed by atoms with van der Waals surface area (Å²) >= 11 is 0. The Balaban J connectivity index is 1.64. The second-order valence-electron chi connectivity index (χ2n) is 6.11. The van der Waals surface area contributed by atoms with Crippen molar-refractivity contribution in [2.45, 2.75) is 13.3 Å². The Morgan fingerprint density at radius 3 is 2.60 bits per heavy atom. The molecule has 0 N–H and O–H groups in total. The van der Waals surface area contributed by atoms with Crippen LogP contribution in [0.15, 0.2) is 42.6 Å². The van der Waals surface area contributed by atoms with Gasteiger partial charge in [0.25, 0.3) is 5.69 Å². The topological polar surface area (TPSA) is 79.6 Å². The maximum absolute atomic E-state index is 12.4. The van der Waals surface area contributed by atoms with Crippen molar-refractivity contribution >= 4 is 17.3 Å². The van der Waals surface area contributed by atoms with E-state index < -0.39 is 0 Å². The predicted molar refractivity (Wildman–Crippen MR) is 94.6 cm³/mol. The number of benzene rings is 1. The van der Waals surface area contributed by atoms with Gasteiger partial charge in [0.1, 0.15) is 5.69 Å². The minimum Gasteiger partial charge on any atom is -0.362 e. The smallest absolute Gasteiger partial charge is 0.292 e. The van der Waals surface area contributed by atoms with E-state index in [2.05, 4.69) is 4.98 Å². The highest BCUT2D eigenvalue weighted by Gasteiger charge is 2.25. The average Bonchev–Trinajstić information content (AvgIpc) is 2.62. The third-order valence-electron chi connectivity index (χ3n) is 4.36. The fourth-order valence-electron chi connectivity index (χ4n) is 3.01. The van der Waals surface area contributed by atoms with Crippen molar-refractivity contribution in [3.05, 3.63) is 64.0 Å². The zero-order valence-electron chi connectivity index (χ0n) is 14.1. The Morgan fingerprint density at radius 1 is 1.20 bits per heavy atom. The maximum atomic E-state index is 12.4. The monoisotopic (exact) mass is 340 g/mol. The number of carbonyl (C=O) groups is 1. The lowest BCUT2D eigenvalue weighted by Crippen LogP contribution is -2.49. The highest BCUT2D eigenvalue weighted by Crippen LogP contribution is 2.29. The molecule has 0 radical (unpaired) electrons. The molecule has 1 fully saturated rings. The van der Waals surface area contributed by atoms with Gasteiger partial charge in [0.2, 0.25) is 5.91 Å². The first-order chi connectivity index (χ1) is 12.0. The molecule has 130 valence electrons. The summed E-state index contributed by atoms with van der Waals surface area (Å²) < 4.78 is 0. The third-order valence-corrected chi connectivity index (χ3v) is 4.36. The Bertz CT molecular complexity index is 771. The number of piperazine rings is 1. The molecule has 1 amide bonds. The van der Waals surface area contributed by atoms with E-state index in [4.69, 9.17) is 0 Å². The van der Waals surface area contributed by atoms with Gasteiger partial charge >= 0.3 is 0 Å². The molecule has 7 nitrogen and oxygen atoms in total. The van der Waals surface area contributed by atoms with Crippen LogP contribution in [-0.2, 0) is 11.2 Å². The predicted octanol–water partition coefficient (Wildman–Crippen LogP) is 2.19. The summed E-state index contributed by atoms with van der Waals surface area (Å²) in [5.74, 6) is 0.0387. The Morgan fingerprint density at radius 2 is 1.96 bits per heavy atom. The number of pyridine rings is 1. The van der Waals surface area contributed by atoms with Crippen LogP contribution in [0, 0.1) is 17.0 Å². The highest BCUT2D eigenvalue weighted by molar-refractivity contribution is 5.78. The van der Waals surface area contributed by atoms with Crippen LogP contribution in [0.25, 0.3) is 0 Å². The van der Waals surface area contributed by atoms with Gasteiger partial charge in [0.15, 0.2) is 0 Å². The van der Waals surface area contributed by atoms with Gasteiger partial charge in [-0.3, -0.25) is 19.9 Å². The number of carbonyl (C=O) groups excluding carboxylic acids is 1. The average molecular weight is 340 g/mol. The summed E-state index contributed by atoms with van der Waals surface area (Å²) in [6.07, 6.45) is 1.96. The van der Waals surface area contributed by atoms with Gasteiger partial charge in [-0.15, -0.1) is 0 Å². The Hall–Kier alpha value is -2.96. The standard InChI is InChI=1S/C18H20N4O3/c1-14-5-6-16(17(12-14)22(24)25)20-8-10-21(11-9-20)18(23)13-15-4-2-3-7-19-15/h2-7,12H,8-11,13H2,1H3. The highest BCUT2D eigenvalue weighted by atomic mass is 16.6. The molecular weight excluding hydrogens is 320 g/mol. The van der Waals surface area contributed by atoms with Crippen LogP contribution in [0.3, 0.4) is 0 Å². The lowest BCUT2D eigenvalue weighted by Gasteiger charge is -2.35. The molecule has 1 aromatic carbocycles. The molecule has 2 heterocycles. The van der Waals surface area contributed by atoms with Crippen molar-refractivity contribution in [2.24, 2.45) is 0 Å². The van der Waals surface area contributed by atoms with E-state index in [0.29, 0.717) is 31.9 Å². The summed E-state index contributed by atoms with van der Waals surface area (Å²) in [4.78, 5) is 31.3. The minimum absolute atomic E-state index is 0.0387. The van der Waals surface area contributed by atoms with E-state index in [-0.39, 0.29) is 22.9 Å². The van der Waals surface area contributed by atoms with E-state index in [1.165, 1.54) is 0 Å². The molecule has 2 aromatic rings. The summed E-state index contributed by atoms with van der Waals surface area (Å²) in [6.45, 7) is 4.11. The number of nitro groups is 1. The first-order valence-corrected chi connectivity index (χ1v) is 8.22. The summed E-state index contributed by atoms with van der Waals surface area (Å²) in [5, 5.41) is 11.3. The lowest BCUT2D eigenvalue weighted by atomic mass is 10.1. The fraction of sp³-hybridized carbons (Fsp3) is 0.333. The minimum atomic E-state index is -0.346. The van der Waals surface area contributed by atoms with Crippen molar-refractivity contribution in [2.75, 3.05) is 31.1 Å². The van der Waals surface area contributed by atoms with Crippen molar-refractivity contribution in [3.63, 3.8) is 0 Å². The second kappa shape index (κ2) is 7.29. The van der Waals surface area contributed by atoms with Gasteiger partial charge in [0.05, 0.1) is 11.3 Å². The van der Waals surface area contributed by atoms with Gasteiger partial charge in [-0.05, 0) is 30.7 Å². The quantitative estimate of drug-likeness (QED) is 0.630. The third kappa shape index (κ3) is 3.93. The maximum Gasteiger partial charge on any atom is 0.292 e. The zero-order valence-corrected chi connectivity index (χ0v) is 14.1. The molecule has 1 aromatic heterocycles. The van der Waals surface area contributed by atoms with E-state index in [1.807, 2.05) is 36.1 Å².